The molecule has 41 heavy (non-hydrogen) atoms. The zero-order valence-electron chi connectivity index (χ0n) is 23.6. The maximum Gasteiger partial charge on any atom is 0.343 e. The topological polar surface area (TPSA) is 102 Å². The van der Waals surface area contributed by atoms with Crippen LogP contribution < -0.4 is 23.7 Å². The highest BCUT2D eigenvalue weighted by Gasteiger charge is 2.47. The fourth-order valence-corrected chi connectivity index (χ4v) is 6.12. The van der Waals surface area contributed by atoms with E-state index in [-0.39, 0.29) is 12.8 Å². The highest BCUT2D eigenvalue weighted by atomic mass is 16.7. The van der Waals surface area contributed by atoms with Gasteiger partial charge in [-0.15, -0.1) is 0 Å². The Morgan fingerprint density at radius 2 is 1.68 bits per heavy atom. The number of hydrogen-bond acceptors (Lipinski definition) is 10. The Morgan fingerprint density at radius 3 is 2.37 bits per heavy atom. The first-order valence-corrected chi connectivity index (χ1v) is 13.4. The summed E-state index contributed by atoms with van der Waals surface area (Å²) in [6, 6.07) is 10.5. The largest absolute Gasteiger partial charge is 0.493 e. The number of methoxy groups -OCH3 is 3. The van der Waals surface area contributed by atoms with Crippen molar-refractivity contribution in [2.24, 2.45) is 0 Å². The summed E-state index contributed by atoms with van der Waals surface area (Å²) in [5.41, 5.74) is 5.10. The molecule has 0 bridgehead atoms. The molecule has 3 aliphatic rings. The number of hydrogen-bond donors (Lipinski definition) is 0. The monoisotopic (exact) mass is 561 g/mol. The van der Waals surface area contributed by atoms with Crippen LogP contribution in [0.1, 0.15) is 56.5 Å². The van der Waals surface area contributed by atoms with Gasteiger partial charge in [0.15, 0.2) is 23.0 Å². The number of carbonyl (C=O) groups excluding carboxylic acids is 2. The van der Waals surface area contributed by atoms with Crippen LogP contribution in [0.5, 0.6) is 28.7 Å². The molecule has 6 rings (SSSR count). The summed E-state index contributed by atoms with van der Waals surface area (Å²) in [6.45, 7) is 2.80. The van der Waals surface area contributed by atoms with Gasteiger partial charge in [-0.05, 0) is 49.7 Å². The molecular formula is C31H31NO9. The Bertz CT molecular complexity index is 1530. The molecule has 0 aliphatic carbocycles. The second-order valence-electron chi connectivity index (χ2n) is 9.93. The van der Waals surface area contributed by atoms with Crippen molar-refractivity contribution in [2.45, 2.75) is 25.5 Å². The Morgan fingerprint density at radius 1 is 0.951 bits per heavy atom. The summed E-state index contributed by atoms with van der Waals surface area (Å²) in [6.07, 6.45) is 0.0405. The first kappa shape index (κ1) is 26.8. The molecule has 0 saturated carbocycles. The third-order valence-electron chi connectivity index (χ3n) is 7.90. The number of likely N-dealkylation sites (N-methyl/N-ethyl adjacent to an activating group) is 1. The Balaban J connectivity index is 1.54. The molecule has 3 aliphatic heterocycles. The summed E-state index contributed by atoms with van der Waals surface area (Å²) in [7, 11) is 6.63. The van der Waals surface area contributed by atoms with E-state index in [0.717, 1.165) is 22.3 Å². The van der Waals surface area contributed by atoms with Crippen LogP contribution in [0, 0.1) is 0 Å². The Labute approximate surface area is 237 Å². The lowest BCUT2D eigenvalue weighted by Gasteiger charge is -2.39. The quantitative estimate of drug-likeness (QED) is 0.377. The Hall–Kier alpha value is -4.44. The molecule has 10 heteroatoms. The van der Waals surface area contributed by atoms with Gasteiger partial charge < -0.3 is 33.2 Å². The van der Waals surface area contributed by atoms with Gasteiger partial charge in [-0.3, -0.25) is 4.90 Å². The van der Waals surface area contributed by atoms with E-state index >= 15 is 0 Å². The van der Waals surface area contributed by atoms with E-state index in [1.165, 1.54) is 14.2 Å². The standard InChI is InChI=1S/C31H31NO9/c1-6-38-30(33)17-9-7-16(8-10-17)21-18-13-14-32(2)24(22(18)27(37-5)29-28(21)39-15-40-29)25-19-11-12-20(35-3)26(36-4)23(19)31(34)41-25/h7-12,24-25H,6,13-15H2,1-5H3. The first-order chi connectivity index (χ1) is 19.9. The van der Waals surface area contributed by atoms with E-state index < -0.39 is 18.1 Å². The average Bonchev–Trinajstić information content (AvgIpc) is 3.60. The third kappa shape index (κ3) is 4.12. The predicted molar refractivity (Wildman–Crippen MR) is 147 cm³/mol. The van der Waals surface area contributed by atoms with E-state index in [2.05, 4.69) is 4.90 Å². The number of rotatable bonds is 7. The van der Waals surface area contributed by atoms with Crippen LogP contribution in [0.15, 0.2) is 36.4 Å². The first-order valence-electron chi connectivity index (χ1n) is 13.4. The van der Waals surface area contributed by atoms with Gasteiger partial charge in [0.25, 0.3) is 0 Å². The Kier molecular flexibility index (Phi) is 6.86. The van der Waals surface area contributed by atoms with Crippen molar-refractivity contribution in [3.05, 3.63) is 64.2 Å². The van der Waals surface area contributed by atoms with Crippen LogP contribution in [0.25, 0.3) is 11.1 Å². The summed E-state index contributed by atoms with van der Waals surface area (Å²) in [4.78, 5) is 27.7. The van der Waals surface area contributed by atoms with E-state index in [9.17, 15) is 9.59 Å². The van der Waals surface area contributed by atoms with Gasteiger partial charge in [-0.1, -0.05) is 18.2 Å². The second-order valence-corrected chi connectivity index (χ2v) is 9.93. The number of cyclic esters (lactones) is 1. The van der Waals surface area contributed by atoms with E-state index in [0.29, 0.717) is 65.0 Å². The van der Waals surface area contributed by atoms with Gasteiger partial charge in [-0.2, -0.15) is 0 Å². The average molecular weight is 562 g/mol. The van der Waals surface area contributed by atoms with Crippen LogP contribution in [-0.4, -0.2) is 65.2 Å². The molecular weight excluding hydrogens is 530 g/mol. The van der Waals surface area contributed by atoms with Gasteiger partial charge in [0.2, 0.25) is 12.5 Å². The zero-order valence-corrected chi connectivity index (χ0v) is 23.6. The number of fused-ring (bicyclic) bond motifs is 3. The third-order valence-corrected chi connectivity index (χ3v) is 7.90. The van der Waals surface area contributed by atoms with Gasteiger partial charge in [0.1, 0.15) is 11.7 Å². The maximum absolute atomic E-state index is 13.3. The molecule has 0 aromatic heterocycles. The minimum Gasteiger partial charge on any atom is -0.493 e. The number of benzene rings is 3. The van der Waals surface area contributed by atoms with Crippen LogP contribution in [-0.2, 0) is 15.9 Å². The molecule has 214 valence electrons. The molecule has 2 unspecified atom stereocenters. The van der Waals surface area contributed by atoms with Crippen molar-refractivity contribution in [3.63, 3.8) is 0 Å². The molecule has 10 nitrogen and oxygen atoms in total. The number of ether oxygens (including phenoxy) is 7. The minimum atomic E-state index is -0.644. The lowest BCUT2D eigenvalue weighted by atomic mass is 9.81. The molecule has 0 amide bonds. The highest BCUT2D eigenvalue weighted by molar-refractivity contribution is 5.98. The van der Waals surface area contributed by atoms with Crippen molar-refractivity contribution < 1.29 is 42.7 Å². The molecule has 0 radical (unpaired) electrons. The summed E-state index contributed by atoms with van der Waals surface area (Å²) >= 11 is 0. The predicted octanol–water partition coefficient (Wildman–Crippen LogP) is 4.73. The van der Waals surface area contributed by atoms with Crippen molar-refractivity contribution >= 4 is 11.9 Å². The fraction of sp³-hybridized carbons (Fsp3) is 0.355. The van der Waals surface area contributed by atoms with Gasteiger partial charge in [0.05, 0.1) is 39.5 Å². The SMILES string of the molecule is CCOC(=O)c1ccc(-c2c3c(c(OC)c4c2OCO4)C(C2OC(=O)c4c2ccc(OC)c4OC)N(C)CC3)cc1. The molecule has 3 heterocycles. The number of nitrogens with zero attached hydrogens (tertiary/aromatic N) is 1. The molecule has 3 aromatic rings. The minimum absolute atomic E-state index is 0.0429. The van der Waals surface area contributed by atoms with Gasteiger partial charge in [0, 0.05) is 23.2 Å². The van der Waals surface area contributed by atoms with Gasteiger partial charge >= 0.3 is 11.9 Å². The van der Waals surface area contributed by atoms with Crippen LogP contribution in [0.4, 0.5) is 0 Å². The molecule has 0 N–H and O–H groups in total. The zero-order chi connectivity index (χ0) is 28.8. The smallest absolute Gasteiger partial charge is 0.343 e. The van der Waals surface area contributed by atoms with Crippen LogP contribution >= 0.6 is 0 Å². The van der Waals surface area contributed by atoms with Crippen molar-refractivity contribution in [3.8, 4) is 39.9 Å². The molecule has 0 fully saturated rings. The maximum atomic E-state index is 13.3. The van der Waals surface area contributed by atoms with Gasteiger partial charge in [-0.25, -0.2) is 9.59 Å². The lowest BCUT2D eigenvalue weighted by molar-refractivity contribution is 0.00876. The van der Waals surface area contributed by atoms with Crippen LogP contribution in [0.2, 0.25) is 0 Å². The van der Waals surface area contributed by atoms with Crippen LogP contribution in [0.3, 0.4) is 0 Å². The molecule has 2 atom stereocenters. The summed E-state index contributed by atoms with van der Waals surface area (Å²) < 4.78 is 40.2. The molecule has 3 aromatic carbocycles. The molecule has 0 spiro atoms. The number of carbonyl (C=O) groups is 2. The normalized spacial score (nSPS) is 18.8. The fourth-order valence-electron chi connectivity index (χ4n) is 6.12. The highest BCUT2D eigenvalue weighted by Crippen LogP contribution is 2.58. The van der Waals surface area contributed by atoms with E-state index in [4.69, 9.17) is 33.2 Å². The summed E-state index contributed by atoms with van der Waals surface area (Å²) in [5, 5.41) is 0. The van der Waals surface area contributed by atoms with E-state index in [1.54, 1.807) is 32.2 Å². The second kappa shape index (κ2) is 10.5. The van der Waals surface area contributed by atoms with Crippen molar-refractivity contribution in [1.29, 1.82) is 0 Å². The van der Waals surface area contributed by atoms with Crippen molar-refractivity contribution in [1.82, 2.24) is 4.90 Å². The van der Waals surface area contributed by atoms with Crippen molar-refractivity contribution in [2.75, 3.05) is 48.3 Å². The number of esters is 2. The summed E-state index contributed by atoms with van der Waals surface area (Å²) in [5.74, 6) is 1.57. The van der Waals surface area contributed by atoms with E-state index in [1.807, 2.05) is 25.2 Å². The lowest BCUT2D eigenvalue weighted by Crippen LogP contribution is -2.36. The molecule has 0 saturated heterocycles.